The van der Waals surface area contributed by atoms with Crippen molar-refractivity contribution in [2.45, 2.75) is 18.4 Å². The first-order valence-electron chi connectivity index (χ1n) is 6.21. The number of carbonyl (C=O) groups is 1. The van der Waals surface area contributed by atoms with Crippen molar-refractivity contribution in [3.8, 4) is 0 Å². The zero-order chi connectivity index (χ0) is 13.2. The summed E-state index contributed by atoms with van der Waals surface area (Å²) in [5.41, 5.74) is 6.44. The van der Waals surface area contributed by atoms with E-state index in [1.165, 1.54) is 7.11 Å². The van der Waals surface area contributed by atoms with Gasteiger partial charge in [-0.25, -0.2) is 4.79 Å². The van der Waals surface area contributed by atoms with Crippen LogP contribution in [0.2, 0.25) is 0 Å². The first kappa shape index (κ1) is 12.9. The molecular formula is C14H20N2O2. The van der Waals surface area contributed by atoms with E-state index in [4.69, 9.17) is 10.5 Å². The topological polar surface area (TPSA) is 55.6 Å². The molecule has 1 atom stereocenters. The highest BCUT2D eigenvalue weighted by molar-refractivity contribution is 5.82. The van der Waals surface area contributed by atoms with Crippen LogP contribution in [0.4, 0.5) is 5.69 Å². The zero-order valence-corrected chi connectivity index (χ0v) is 10.9. The standard InChI is InChI=1S/C14H20N2O2/c1-16(12-6-4-3-5-7-12)10-14(15,11-8-9-11)13(17)18-2/h3-7,11H,8-10,15H2,1-2H3. The van der Waals surface area contributed by atoms with Gasteiger partial charge in [-0.05, 0) is 30.9 Å². The maximum atomic E-state index is 11.9. The molecule has 2 N–H and O–H groups in total. The summed E-state index contributed by atoms with van der Waals surface area (Å²) in [4.78, 5) is 13.9. The highest BCUT2D eigenvalue weighted by Gasteiger charge is 2.49. The van der Waals surface area contributed by atoms with Crippen molar-refractivity contribution in [1.82, 2.24) is 0 Å². The Labute approximate surface area is 108 Å². The Morgan fingerprint density at radius 1 is 1.44 bits per heavy atom. The van der Waals surface area contributed by atoms with E-state index < -0.39 is 5.54 Å². The SMILES string of the molecule is COC(=O)C(N)(CN(C)c1ccccc1)C1CC1. The normalized spacial score (nSPS) is 17.9. The fourth-order valence-electron chi connectivity index (χ4n) is 2.32. The molecule has 1 saturated carbocycles. The van der Waals surface area contributed by atoms with Gasteiger partial charge >= 0.3 is 5.97 Å². The van der Waals surface area contributed by atoms with Crippen molar-refractivity contribution in [1.29, 1.82) is 0 Å². The molecular weight excluding hydrogens is 228 g/mol. The number of esters is 1. The summed E-state index contributed by atoms with van der Waals surface area (Å²) in [6, 6.07) is 9.92. The zero-order valence-electron chi connectivity index (χ0n) is 10.9. The van der Waals surface area contributed by atoms with Gasteiger partial charge in [-0.2, -0.15) is 0 Å². The van der Waals surface area contributed by atoms with Gasteiger partial charge in [0, 0.05) is 19.3 Å². The fraction of sp³-hybridized carbons (Fsp3) is 0.500. The van der Waals surface area contributed by atoms with E-state index in [2.05, 4.69) is 0 Å². The van der Waals surface area contributed by atoms with Gasteiger partial charge in [-0.1, -0.05) is 18.2 Å². The van der Waals surface area contributed by atoms with E-state index in [0.717, 1.165) is 18.5 Å². The smallest absolute Gasteiger partial charge is 0.327 e. The van der Waals surface area contributed by atoms with Crippen LogP contribution < -0.4 is 10.6 Å². The first-order valence-corrected chi connectivity index (χ1v) is 6.21. The van der Waals surface area contributed by atoms with E-state index in [9.17, 15) is 4.79 Å². The maximum Gasteiger partial charge on any atom is 0.327 e. The molecule has 4 heteroatoms. The summed E-state index contributed by atoms with van der Waals surface area (Å²) in [7, 11) is 3.34. The third-order valence-corrected chi connectivity index (χ3v) is 3.57. The number of rotatable bonds is 5. The number of carbonyl (C=O) groups excluding carboxylic acids is 1. The lowest BCUT2D eigenvalue weighted by Crippen LogP contribution is -2.58. The molecule has 0 amide bonds. The molecule has 0 radical (unpaired) electrons. The summed E-state index contributed by atoms with van der Waals surface area (Å²) < 4.78 is 4.86. The predicted octanol–water partition coefficient (Wildman–Crippen LogP) is 1.40. The van der Waals surface area contributed by atoms with Gasteiger partial charge in [0.05, 0.1) is 7.11 Å². The van der Waals surface area contributed by atoms with Crippen LogP contribution in [-0.2, 0) is 9.53 Å². The number of methoxy groups -OCH3 is 1. The third-order valence-electron chi connectivity index (χ3n) is 3.57. The maximum absolute atomic E-state index is 11.9. The third kappa shape index (κ3) is 2.48. The highest BCUT2D eigenvalue weighted by atomic mass is 16.5. The van der Waals surface area contributed by atoms with E-state index >= 15 is 0 Å². The molecule has 0 heterocycles. The molecule has 2 rings (SSSR count). The van der Waals surface area contributed by atoms with E-state index in [1.54, 1.807) is 0 Å². The molecule has 0 saturated heterocycles. The summed E-state index contributed by atoms with van der Waals surface area (Å²) in [6.45, 7) is 0.481. The molecule has 1 aliphatic carbocycles. The quantitative estimate of drug-likeness (QED) is 0.800. The average Bonchev–Trinajstić information content (AvgIpc) is 3.23. The lowest BCUT2D eigenvalue weighted by atomic mass is 9.93. The molecule has 1 aromatic carbocycles. The van der Waals surface area contributed by atoms with Gasteiger partial charge in [-0.3, -0.25) is 0 Å². The van der Waals surface area contributed by atoms with Gasteiger partial charge in [0.2, 0.25) is 0 Å². The summed E-state index contributed by atoms with van der Waals surface area (Å²) >= 11 is 0. The van der Waals surface area contributed by atoms with E-state index in [0.29, 0.717) is 6.54 Å². The number of hydrogen-bond donors (Lipinski definition) is 1. The van der Waals surface area contributed by atoms with Crippen LogP contribution in [0.25, 0.3) is 0 Å². The Bertz CT molecular complexity index is 417. The molecule has 1 unspecified atom stereocenters. The molecule has 18 heavy (non-hydrogen) atoms. The van der Waals surface area contributed by atoms with Crippen molar-refractivity contribution < 1.29 is 9.53 Å². The number of likely N-dealkylation sites (N-methyl/N-ethyl adjacent to an activating group) is 1. The average molecular weight is 248 g/mol. The Morgan fingerprint density at radius 2 is 2.06 bits per heavy atom. The molecule has 0 bridgehead atoms. The molecule has 0 aliphatic heterocycles. The molecule has 0 spiro atoms. The van der Waals surface area contributed by atoms with E-state index in [-0.39, 0.29) is 11.9 Å². The number of para-hydroxylation sites is 1. The Morgan fingerprint density at radius 3 is 2.56 bits per heavy atom. The van der Waals surface area contributed by atoms with Crippen LogP contribution in [0.5, 0.6) is 0 Å². The van der Waals surface area contributed by atoms with Gasteiger partial charge < -0.3 is 15.4 Å². The van der Waals surface area contributed by atoms with Crippen LogP contribution in [0, 0.1) is 5.92 Å². The van der Waals surface area contributed by atoms with Crippen molar-refractivity contribution >= 4 is 11.7 Å². The Kier molecular flexibility index (Phi) is 3.57. The molecule has 98 valence electrons. The number of anilines is 1. The highest BCUT2D eigenvalue weighted by Crippen LogP contribution is 2.39. The number of nitrogens with two attached hydrogens (primary N) is 1. The molecule has 1 aliphatic rings. The lowest BCUT2D eigenvalue weighted by Gasteiger charge is -2.32. The number of benzene rings is 1. The number of nitrogens with zero attached hydrogens (tertiary/aromatic N) is 1. The minimum atomic E-state index is -0.890. The second-order valence-electron chi connectivity index (χ2n) is 5.00. The second-order valence-corrected chi connectivity index (χ2v) is 5.00. The predicted molar refractivity (Wildman–Crippen MR) is 71.4 cm³/mol. The van der Waals surface area contributed by atoms with Gasteiger partial charge in [-0.15, -0.1) is 0 Å². The summed E-state index contributed by atoms with van der Waals surface area (Å²) in [6.07, 6.45) is 2.02. The minimum Gasteiger partial charge on any atom is -0.468 e. The molecule has 1 fully saturated rings. The summed E-state index contributed by atoms with van der Waals surface area (Å²) in [5.74, 6) is -0.0658. The number of ether oxygens (including phenoxy) is 1. The Hall–Kier alpha value is -1.55. The number of hydrogen-bond acceptors (Lipinski definition) is 4. The molecule has 0 aromatic heterocycles. The van der Waals surface area contributed by atoms with Crippen LogP contribution in [-0.4, -0.2) is 32.2 Å². The van der Waals surface area contributed by atoms with Crippen molar-refractivity contribution in [3.63, 3.8) is 0 Å². The van der Waals surface area contributed by atoms with Gasteiger partial charge in [0.1, 0.15) is 5.54 Å². The second kappa shape index (κ2) is 4.98. The van der Waals surface area contributed by atoms with Crippen molar-refractivity contribution in [2.24, 2.45) is 11.7 Å². The van der Waals surface area contributed by atoms with Crippen LogP contribution >= 0.6 is 0 Å². The largest absolute Gasteiger partial charge is 0.468 e. The summed E-state index contributed by atoms with van der Waals surface area (Å²) in [5, 5.41) is 0. The van der Waals surface area contributed by atoms with Crippen molar-refractivity contribution in [2.75, 3.05) is 25.6 Å². The lowest BCUT2D eigenvalue weighted by molar-refractivity contribution is -0.147. The van der Waals surface area contributed by atoms with E-state index in [1.807, 2.05) is 42.3 Å². The first-order chi connectivity index (χ1) is 8.58. The van der Waals surface area contributed by atoms with Gasteiger partial charge in [0.15, 0.2) is 0 Å². The van der Waals surface area contributed by atoms with Crippen LogP contribution in [0.1, 0.15) is 12.8 Å². The molecule has 4 nitrogen and oxygen atoms in total. The van der Waals surface area contributed by atoms with Crippen molar-refractivity contribution in [3.05, 3.63) is 30.3 Å². The van der Waals surface area contributed by atoms with Gasteiger partial charge in [0.25, 0.3) is 0 Å². The fourth-order valence-corrected chi connectivity index (χ4v) is 2.32. The minimum absolute atomic E-state index is 0.246. The molecule has 1 aromatic rings. The Balaban J connectivity index is 2.12. The van der Waals surface area contributed by atoms with Crippen LogP contribution in [0.15, 0.2) is 30.3 Å². The monoisotopic (exact) mass is 248 g/mol. The van der Waals surface area contributed by atoms with Crippen LogP contribution in [0.3, 0.4) is 0 Å².